The molecule has 1 fully saturated rings. The molecule has 88 valence electrons. The topological polar surface area (TPSA) is 46.0 Å². The van der Waals surface area contributed by atoms with Crippen molar-refractivity contribution in [3.8, 4) is 0 Å². The van der Waals surface area contributed by atoms with Gasteiger partial charge in [-0.15, -0.1) is 10.2 Å². The van der Waals surface area contributed by atoms with Crippen LogP contribution in [0, 0.1) is 0 Å². The number of rotatable bonds is 2. The monoisotopic (exact) mass is 221 g/mol. The van der Waals surface area contributed by atoms with Crippen LogP contribution in [0.2, 0.25) is 0 Å². The summed E-state index contributed by atoms with van der Waals surface area (Å²) in [6.07, 6.45) is 3.58. The predicted octanol–water partition coefficient (Wildman–Crippen LogP) is 0.0196. The molecule has 0 radical (unpaired) electrons. The van der Waals surface area contributed by atoms with Crippen molar-refractivity contribution in [3.05, 3.63) is 11.6 Å². The molecule has 0 aromatic carbocycles. The first-order valence-corrected chi connectivity index (χ1v) is 6.27. The molecular weight excluding hydrogens is 202 g/mol. The number of aryl methyl sites for hydroxylation is 1. The second kappa shape index (κ2) is 4.51. The Bertz CT molecular complexity index is 351. The van der Waals surface area contributed by atoms with Crippen molar-refractivity contribution in [3.63, 3.8) is 0 Å². The lowest BCUT2D eigenvalue weighted by atomic mass is 10.4. The van der Waals surface area contributed by atoms with Gasteiger partial charge in [0, 0.05) is 26.1 Å². The molecule has 0 atom stereocenters. The summed E-state index contributed by atoms with van der Waals surface area (Å²) in [7, 11) is 0. The molecule has 3 rings (SSSR count). The fourth-order valence-corrected chi connectivity index (χ4v) is 2.59. The summed E-state index contributed by atoms with van der Waals surface area (Å²) in [6, 6.07) is 0. The fraction of sp³-hybridized carbons (Fsp3) is 0.818. The summed E-state index contributed by atoms with van der Waals surface area (Å²) in [5.41, 5.74) is 0. The Morgan fingerprint density at radius 1 is 1.06 bits per heavy atom. The van der Waals surface area contributed by atoms with E-state index in [4.69, 9.17) is 0 Å². The van der Waals surface area contributed by atoms with E-state index in [2.05, 4.69) is 25.0 Å². The minimum atomic E-state index is 0.967. The van der Waals surface area contributed by atoms with Crippen LogP contribution in [0.4, 0.5) is 0 Å². The molecule has 2 aliphatic heterocycles. The van der Waals surface area contributed by atoms with E-state index in [0.29, 0.717) is 0 Å². The van der Waals surface area contributed by atoms with Crippen molar-refractivity contribution < 1.29 is 0 Å². The summed E-state index contributed by atoms with van der Waals surface area (Å²) in [5, 5.41) is 12.0. The van der Waals surface area contributed by atoms with Crippen molar-refractivity contribution in [1.82, 2.24) is 25.0 Å². The van der Waals surface area contributed by atoms with Gasteiger partial charge in [-0.3, -0.25) is 4.90 Å². The molecular formula is C11H19N5. The Morgan fingerprint density at radius 3 is 3.06 bits per heavy atom. The third kappa shape index (κ3) is 1.97. The minimum absolute atomic E-state index is 0.967. The van der Waals surface area contributed by atoms with Gasteiger partial charge in [0.2, 0.25) is 0 Å². The van der Waals surface area contributed by atoms with Crippen LogP contribution in [0.5, 0.6) is 0 Å². The van der Waals surface area contributed by atoms with Crippen LogP contribution in [0.3, 0.4) is 0 Å². The zero-order chi connectivity index (χ0) is 10.8. The maximum Gasteiger partial charge on any atom is 0.147 e. The number of nitrogens with one attached hydrogen (secondary N) is 1. The van der Waals surface area contributed by atoms with E-state index in [9.17, 15) is 0 Å². The van der Waals surface area contributed by atoms with Gasteiger partial charge in [0.25, 0.3) is 0 Å². The molecule has 5 heteroatoms. The molecule has 3 heterocycles. The molecule has 0 amide bonds. The van der Waals surface area contributed by atoms with E-state index in [0.717, 1.165) is 45.0 Å². The molecule has 1 saturated heterocycles. The standard InChI is InChI=1S/C11H19N5/c1-3-10-13-14-11(16(10)7-1)9-15-6-2-4-12-5-8-15/h12H,1-9H2. The zero-order valence-corrected chi connectivity index (χ0v) is 9.65. The zero-order valence-electron chi connectivity index (χ0n) is 9.65. The van der Waals surface area contributed by atoms with Crippen molar-refractivity contribution in [2.24, 2.45) is 0 Å². The smallest absolute Gasteiger partial charge is 0.147 e. The van der Waals surface area contributed by atoms with Crippen LogP contribution >= 0.6 is 0 Å². The van der Waals surface area contributed by atoms with E-state index in [1.54, 1.807) is 0 Å². The lowest BCUT2D eigenvalue weighted by Gasteiger charge is -2.18. The quantitative estimate of drug-likeness (QED) is 0.765. The first-order valence-electron chi connectivity index (χ1n) is 6.27. The van der Waals surface area contributed by atoms with Crippen LogP contribution in [0.15, 0.2) is 0 Å². The molecule has 1 aromatic heterocycles. The summed E-state index contributed by atoms with van der Waals surface area (Å²) in [6.45, 7) is 6.63. The van der Waals surface area contributed by atoms with Crippen LogP contribution in [-0.2, 0) is 19.5 Å². The van der Waals surface area contributed by atoms with Gasteiger partial charge in [-0.25, -0.2) is 0 Å². The van der Waals surface area contributed by atoms with Gasteiger partial charge >= 0.3 is 0 Å². The van der Waals surface area contributed by atoms with Crippen LogP contribution < -0.4 is 5.32 Å². The van der Waals surface area contributed by atoms with Crippen molar-refractivity contribution >= 4 is 0 Å². The maximum absolute atomic E-state index is 4.31. The summed E-state index contributed by atoms with van der Waals surface area (Å²) in [4.78, 5) is 2.48. The molecule has 0 saturated carbocycles. The Kier molecular flexibility index (Phi) is 2.88. The van der Waals surface area contributed by atoms with Gasteiger partial charge < -0.3 is 9.88 Å². The lowest BCUT2D eigenvalue weighted by molar-refractivity contribution is 0.273. The minimum Gasteiger partial charge on any atom is -0.315 e. The summed E-state index contributed by atoms with van der Waals surface area (Å²) in [5.74, 6) is 2.34. The maximum atomic E-state index is 4.31. The molecule has 5 nitrogen and oxygen atoms in total. The molecule has 0 aliphatic carbocycles. The van der Waals surface area contributed by atoms with Gasteiger partial charge in [0.15, 0.2) is 0 Å². The van der Waals surface area contributed by atoms with E-state index in [-0.39, 0.29) is 0 Å². The van der Waals surface area contributed by atoms with E-state index < -0.39 is 0 Å². The molecule has 0 unspecified atom stereocenters. The normalized spacial score (nSPS) is 22.0. The molecule has 16 heavy (non-hydrogen) atoms. The molecule has 2 aliphatic rings. The third-order valence-corrected chi connectivity index (χ3v) is 3.48. The highest BCUT2D eigenvalue weighted by Gasteiger charge is 2.19. The van der Waals surface area contributed by atoms with Gasteiger partial charge in [0.1, 0.15) is 11.6 Å². The lowest BCUT2D eigenvalue weighted by Crippen LogP contribution is -2.28. The average Bonchev–Trinajstić information content (AvgIpc) is 2.78. The van der Waals surface area contributed by atoms with Gasteiger partial charge in [0.05, 0.1) is 6.54 Å². The first-order chi connectivity index (χ1) is 7.93. The summed E-state index contributed by atoms with van der Waals surface area (Å²) >= 11 is 0. The van der Waals surface area contributed by atoms with Gasteiger partial charge in [-0.1, -0.05) is 0 Å². The number of nitrogens with zero attached hydrogens (tertiary/aromatic N) is 4. The van der Waals surface area contributed by atoms with E-state index >= 15 is 0 Å². The Balaban J connectivity index is 1.68. The van der Waals surface area contributed by atoms with Crippen LogP contribution in [-0.4, -0.2) is 45.8 Å². The predicted molar refractivity (Wildman–Crippen MR) is 61.1 cm³/mol. The Hall–Kier alpha value is -0.940. The second-order valence-corrected chi connectivity index (χ2v) is 4.67. The van der Waals surface area contributed by atoms with Crippen molar-refractivity contribution in [2.45, 2.75) is 32.4 Å². The second-order valence-electron chi connectivity index (χ2n) is 4.67. The van der Waals surface area contributed by atoms with Crippen molar-refractivity contribution in [2.75, 3.05) is 26.2 Å². The van der Waals surface area contributed by atoms with E-state index in [1.807, 2.05) is 0 Å². The van der Waals surface area contributed by atoms with Crippen LogP contribution in [0.25, 0.3) is 0 Å². The highest BCUT2D eigenvalue weighted by atomic mass is 15.3. The number of aromatic nitrogens is 3. The largest absolute Gasteiger partial charge is 0.315 e. The van der Waals surface area contributed by atoms with Crippen molar-refractivity contribution in [1.29, 1.82) is 0 Å². The highest BCUT2D eigenvalue weighted by molar-refractivity contribution is 5.00. The molecule has 1 N–H and O–H groups in total. The Labute approximate surface area is 95.8 Å². The average molecular weight is 221 g/mol. The molecule has 0 bridgehead atoms. The van der Waals surface area contributed by atoms with E-state index in [1.165, 1.54) is 25.2 Å². The Morgan fingerprint density at radius 2 is 2.06 bits per heavy atom. The highest BCUT2D eigenvalue weighted by Crippen LogP contribution is 2.15. The number of fused-ring (bicyclic) bond motifs is 1. The first kappa shape index (κ1) is 10.2. The number of hydrogen-bond acceptors (Lipinski definition) is 4. The fourth-order valence-electron chi connectivity index (χ4n) is 2.59. The van der Waals surface area contributed by atoms with Gasteiger partial charge in [-0.2, -0.15) is 0 Å². The van der Waals surface area contributed by atoms with Gasteiger partial charge in [-0.05, 0) is 25.9 Å². The third-order valence-electron chi connectivity index (χ3n) is 3.48. The van der Waals surface area contributed by atoms with Crippen LogP contribution in [0.1, 0.15) is 24.5 Å². The SMILES string of the molecule is C1CNCCN(Cc2nnc3n2CCC3)C1. The molecule has 1 aromatic rings. The number of hydrogen-bond donors (Lipinski definition) is 1. The summed E-state index contributed by atoms with van der Waals surface area (Å²) < 4.78 is 2.30. The molecule has 0 spiro atoms.